The number of carbonyl (C=O) groups excluding carboxylic acids is 1. The predicted molar refractivity (Wildman–Crippen MR) is 121 cm³/mol. The summed E-state index contributed by atoms with van der Waals surface area (Å²) < 4.78 is 5.33. The number of aromatic nitrogens is 1. The van der Waals surface area contributed by atoms with Gasteiger partial charge in [-0.15, -0.1) is 0 Å². The van der Waals surface area contributed by atoms with E-state index in [9.17, 15) is 9.59 Å². The highest BCUT2D eigenvalue weighted by molar-refractivity contribution is 6.31. The van der Waals surface area contributed by atoms with Crippen LogP contribution in [-0.2, 0) is 0 Å². The van der Waals surface area contributed by atoms with E-state index >= 15 is 0 Å². The van der Waals surface area contributed by atoms with E-state index in [1.807, 2.05) is 54.6 Å². The van der Waals surface area contributed by atoms with Crippen molar-refractivity contribution < 1.29 is 9.53 Å². The third-order valence-electron chi connectivity index (χ3n) is 4.84. The second kappa shape index (κ2) is 8.39. The molecule has 0 aliphatic rings. The second-order valence-corrected chi connectivity index (χ2v) is 7.14. The number of pyridine rings is 1. The Morgan fingerprint density at radius 3 is 2.50 bits per heavy atom. The fraction of sp³-hybridized carbons (Fsp3) is 0.0400. The van der Waals surface area contributed by atoms with Crippen LogP contribution in [0.3, 0.4) is 0 Å². The van der Waals surface area contributed by atoms with Crippen molar-refractivity contribution >= 4 is 34.4 Å². The number of ketones is 1. The number of benzene rings is 3. The molecule has 4 rings (SSSR count). The summed E-state index contributed by atoms with van der Waals surface area (Å²) in [7, 11) is 1.57. The number of hydrogen-bond acceptors (Lipinski definition) is 3. The van der Waals surface area contributed by atoms with Crippen molar-refractivity contribution in [2.24, 2.45) is 0 Å². The van der Waals surface area contributed by atoms with Crippen molar-refractivity contribution in [3.63, 3.8) is 0 Å². The van der Waals surface area contributed by atoms with Gasteiger partial charge in [-0.25, -0.2) is 0 Å². The maximum absolute atomic E-state index is 13.2. The number of allylic oxidation sites excluding steroid dienone is 1. The normalized spacial score (nSPS) is 11.1. The topological polar surface area (TPSA) is 59.2 Å². The molecule has 30 heavy (non-hydrogen) atoms. The third kappa shape index (κ3) is 3.78. The Morgan fingerprint density at radius 2 is 1.73 bits per heavy atom. The Hall–Kier alpha value is -3.63. The number of methoxy groups -OCH3 is 1. The summed E-state index contributed by atoms with van der Waals surface area (Å²) in [6.07, 6.45) is 3.04. The van der Waals surface area contributed by atoms with Gasteiger partial charge in [-0.05, 0) is 42.0 Å². The monoisotopic (exact) mass is 415 g/mol. The van der Waals surface area contributed by atoms with Crippen molar-refractivity contribution in [2.45, 2.75) is 0 Å². The number of rotatable bonds is 5. The minimum Gasteiger partial charge on any atom is -0.496 e. The van der Waals surface area contributed by atoms with Crippen molar-refractivity contribution in [1.29, 1.82) is 0 Å². The summed E-state index contributed by atoms with van der Waals surface area (Å²) in [6.45, 7) is 0. The molecule has 0 radical (unpaired) electrons. The zero-order valence-electron chi connectivity index (χ0n) is 16.2. The van der Waals surface area contributed by atoms with E-state index in [2.05, 4.69) is 4.98 Å². The van der Waals surface area contributed by atoms with Crippen molar-refractivity contribution in [2.75, 3.05) is 7.11 Å². The first-order chi connectivity index (χ1) is 14.6. The highest BCUT2D eigenvalue weighted by Gasteiger charge is 2.19. The largest absolute Gasteiger partial charge is 0.496 e. The van der Waals surface area contributed by atoms with Crippen molar-refractivity contribution in [1.82, 2.24) is 4.98 Å². The smallest absolute Gasteiger partial charge is 0.260 e. The molecular weight excluding hydrogens is 398 g/mol. The lowest BCUT2D eigenvalue weighted by Crippen LogP contribution is -2.18. The minimum absolute atomic E-state index is 0.0714. The quantitative estimate of drug-likeness (QED) is 0.333. The zero-order valence-corrected chi connectivity index (χ0v) is 16.9. The number of hydrogen-bond donors (Lipinski definition) is 1. The van der Waals surface area contributed by atoms with Crippen LogP contribution >= 0.6 is 11.6 Å². The maximum Gasteiger partial charge on any atom is 0.260 e. The lowest BCUT2D eigenvalue weighted by Gasteiger charge is -2.12. The number of halogens is 1. The average molecular weight is 416 g/mol. The lowest BCUT2D eigenvalue weighted by molar-refractivity contribution is 0.104. The van der Waals surface area contributed by atoms with Crippen LogP contribution in [-0.4, -0.2) is 17.9 Å². The summed E-state index contributed by atoms with van der Waals surface area (Å²) in [6, 6.07) is 21.9. The SMILES string of the molecule is COc1ccccc1/C=C\C(=O)c1c(-c2ccccc2)c2cc(Cl)ccc2[nH]c1=O. The Morgan fingerprint density at radius 1 is 1.00 bits per heavy atom. The van der Waals surface area contributed by atoms with Gasteiger partial charge in [-0.3, -0.25) is 9.59 Å². The Bertz CT molecular complexity index is 1320. The van der Waals surface area contributed by atoms with Gasteiger partial charge in [0.05, 0.1) is 12.7 Å². The van der Waals surface area contributed by atoms with Crippen LogP contribution in [0.4, 0.5) is 0 Å². The van der Waals surface area contributed by atoms with Crippen LogP contribution < -0.4 is 10.3 Å². The summed E-state index contributed by atoms with van der Waals surface area (Å²) in [4.78, 5) is 28.9. The highest BCUT2D eigenvalue weighted by atomic mass is 35.5. The third-order valence-corrected chi connectivity index (χ3v) is 5.07. The van der Waals surface area contributed by atoms with Crippen LogP contribution in [0.5, 0.6) is 5.75 Å². The first-order valence-electron chi connectivity index (χ1n) is 9.35. The maximum atomic E-state index is 13.2. The van der Waals surface area contributed by atoms with Gasteiger partial charge in [0.25, 0.3) is 5.56 Å². The van der Waals surface area contributed by atoms with Gasteiger partial charge in [0.1, 0.15) is 5.75 Å². The standard InChI is InChI=1S/C25H18ClNO3/c1-30-22-10-6-5-7-16(22)11-14-21(28)24-23(17-8-3-2-4-9-17)19-15-18(26)12-13-20(19)27-25(24)29/h2-15H,1H3,(H,27,29)/b14-11-. The number of carbonyl (C=O) groups is 1. The molecule has 4 nitrogen and oxygen atoms in total. The van der Waals surface area contributed by atoms with Crippen LogP contribution in [0.1, 0.15) is 15.9 Å². The Kier molecular flexibility index (Phi) is 5.50. The molecule has 0 fully saturated rings. The molecule has 0 amide bonds. The van der Waals surface area contributed by atoms with E-state index in [0.717, 1.165) is 11.1 Å². The summed E-state index contributed by atoms with van der Waals surface area (Å²) in [5, 5.41) is 1.23. The molecule has 148 valence electrons. The highest BCUT2D eigenvalue weighted by Crippen LogP contribution is 2.31. The van der Waals surface area contributed by atoms with Gasteiger partial charge in [-0.2, -0.15) is 0 Å². The molecule has 4 aromatic rings. The van der Waals surface area contributed by atoms with Gasteiger partial charge in [0.15, 0.2) is 5.78 Å². The molecule has 5 heteroatoms. The Labute approximate surface area is 178 Å². The fourth-order valence-electron chi connectivity index (χ4n) is 3.46. The number of ether oxygens (including phenoxy) is 1. The molecule has 0 spiro atoms. The molecule has 1 N–H and O–H groups in total. The number of aromatic amines is 1. The summed E-state index contributed by atoms with van der Waals surface area (Å²) >= 11 is 6.22. The summed E-state index contributed by atoms with van der Waals surface area (Å²) in [5.74, 6) is 0.243. The van der Waals surface area contributed by atoms with E-state index in [-0.39, 0.29) is 5.56 Å². The number of H-pyrrole nitrogens is 1. The molecule has 0 saturated carbocycles. The van der Waals surface area contributed by atoms with Gasteiger partial charge < -0.3 is 9.72 Å². The molecule has 0 aliphatic carbocycles. The molecule has 3 aromatic carbocycles. The Balaban J connectivity index is 1.92. The van der Waals surface area contributed by atoms with Crippen LogP contribution in [0.25, 0.3) is 28.1 Å². The van der Waals surface area contributed by atoms with E-state index < -0.39 is 11.3 Å². The molecular formula is C25H18ClNO3. The second-order valence-electron chi connectivity index (χ2n) is 6.70. The number of nitrogens with one attached hydrogen (secondary N) is 1. The van der Waals surface area contributed by atoms with E-state index in [4.69, 9.17) is 16.3 Å². The van der Waals surface area contributed by atoms with Crippen molar-refractivity contribution in [3.8, 4) is 16.9 Å². The molecule has 0 atom stereocenters. The van der Waals surface area contributed by atoms with E-state index in [0.29, 0.717) is 27.2 Å². The fourth-order valence-corrected chi connectivity index (χ4v) is 3.63. The van der Waals surface area contributed by atoms with E-state index in [1.54, 1.807) is 31.4 Å². The van der Waals surface area contributed by atoms with Gasteiger partial charge in [-0.1, -0.05) is 60.1 Å². The van der Waals surface area contributed by atoms with Gasteiger partial charge in [0.2, 0.25) is 0 Å². The molecule has 0 unspecified atom stereocenters. The molecule has 0 aliphatic heterocycles. The summed E-state index contributed by atoms with van der Waals surface area (Å²) in [5.41, 5.74) is 2.32. The lowest BCUT2D eigenvalue weighted by atomic mass is 9.94. The molecule has 0 saturated heterocycles. The van der Waals surface area contributed by atoms with Crippen LogP contribution in [0.2, 0.25) is 5.02 Å². The van der Waals surface area contributed by atoms with Gasteiger partial charge in [0, 0.05) is 27.1 Å². The molecule has 1 heterocycles. The van der Waals surface area contributed by atoms with Crippen LogP contribution in [0.15, 0.2) is 83.7 Å². The van der Waals surface area contributed by atoms with Crippen LogP contribution in [0, 0.1) is 0 Å². The van der Waals surface area contributed by atoms with Gasteiger partial charge >= 0.3 is 0 Å². The van der Waals surface area contributed by atoms with E-state index in [1.165, 1.54) is 6.08 Å². The predicted octanol–water partition coefficient (Wildman–Crippen LogP) is 5.75. The number of fused-ring (bicyclic) bond motifs is 1. The number of para-hydroxylation sites is 1. The first kappa shape index (κ1) is 19.7. The molecule has 1 aromatic heterocycles. The van der Waals surface area contributed by atoms with Crippen molar-refractivity contribution in [3.05, 3.63) is 105 Å². The first-order valence-corrected chi connectivity index (χ1v) is 9.72. The average Bonchev–Trinajstić information content (AvgIpc) is 2.77. The minimum atomic E-state index is -0.446. The zero-order chi connectivity index (χ0) is 21.1. The molecule has 0 bridgehead atoms.